The molecule has 1 aliphatic rings. The van der Waals surface area contributed by atoms with E-state index in [1.54, 1.807) is 0 Å². The van der Waals surface area contributed by atoms with Crippen LogP contribution in [-0.2, 0) is 0 Å². The highest BCUT2D eigenvalue weighted by Crippen LogP contribution is 2.27. The number of nitrogens with zero attached hydrogens (tertiary/aromatic N) is 1. The van der Waals surface area contributed by atoms with Crippen LogP contribution in [0, 0.1) is 0 Å². The van der Waals surface area contributed by atoms with Gasteiger partial charge >= 0.3 is 0 Å². The molecule has 0 bridgehead atoms. The van der Waals surface area contributed by atoms with Crippen LogP contribution in [0.15, 0.2) is 12.7 Å². The molecule has 0 aromatic carbocycles. The molecule has 0 amide bonds. The number of allylic oxidation sites excluding steroid dienone is 1. The average molecular weight is 266 g/mol. The van der Waals surface area contributed by atoms with Crippen molar-refractivity contribution in [3.63, 3.8) is 0 Å². The molecule has 0 aliphatic carbocycles. The number of rotatable bonds is 10. The van der Waals surface area contributed by atoms with Gasteiger partial charge in [0.25, 0.3) is 0 Å². The summed E-state index contributed by atoms with van der Waals surface area (Å²) in [5.74, 6) is 0. The SMILES string of the molecule is C=CCCCCCC(NCC)C(C)(C)N1CCCC1. The third kappa shape index (κ3) is 5.27. The molecule has 1 saturated heterocycles. The largest absolute Gasteiger partial charge is 0.312 e. The molecule has 1 N–H and O–H groups in total. The fourth-order valence-corrected chi connectivity index (χ4v) is 3.28. The molecule has 112 valence electrons. The second-order valence-electron chi connectivity index (χ2n) is 6.38. The predicted octanol–water partition coefficient (Wildman–Crippen LogP) is 3.98. The summed E-state index contributed by atoms with van der Waals surface area (Å²) in [5.41, 5.74) is 0.297. The van der Waals surface area contributed by atoms with Gasteiger partial charge in [0.2, 0.25) is 0 Å². The minimum atomic E-state index is 0.297. The standard InChI is InChI=1S/C17H34N2/c1-5-7-8-9-10-13-16(18-6-2)17(3,4)19-14-11-12-15-19/h5,16,18H,1,6-15H2,2-4H3. The third-order valence-electron chi connectivity index (χ3n) is 4.63. The predicted molar refractivity (Wildman–Crippen MR) is 85.6 cm³/mol. The maximum absolute atomic E-state index is 3.80. The zero-order chi connectivity index (χ0) is 14.1. The quantitative estimate of drug-likeness (QED) is 0.475. The van der Waals surface area contributed by atoms with Crippen molar-refractivity contribution in [2.45, 2.75) is 77.3 Å². The molecule has 1 heterocycles. The van der Waals surface area contributed by atoms with E-state index in [0.29, 0.717) is 11.6 Å². The maximum atomic E-state index is 3.80. The Labute approximate surface area is 120 Å². The Kier molecular flexibility index (Phi) is 7.70. The van der Waals surface area contributed by atoms with E-state index < -0.39 is 0 Å². The highest BCUT2D eigenvalue weighted by Gasteiger charge is 2.35. The van der Waals surface area contributed by atoms with Gasteiger partial charge in [0.15, 0.2) is 0 Å². The number of unbranched alkanes of at least 4 members (excludes halogenated alkanes) is 3. The molecule has 0 spiro atoms. The zero-order valence-electron chi connectivity index (χ0n) is 13.4. The van der Waals surface area contributed by atoms with Gasteiger partial charge in [-0.05, 0) is 65.6 Å². The Hall–Kier alpha value is -0.340. The van der Waals surface area contributed by atoms with Crippen molar-refractivity contribution in [3.05, 3.63) is 12.7 Å². The molecule has 0 aromatic rings. The van der Waals surface area contributed by atoms with E-state index in [0.717, 1.165) is 6.54 Å². The number of nitrogens with one attached hydrogen (secondary N) is 1. The average Bonchev–Trinajstić information content (AvgIpc) is 2.91. The second-order valence-corrected chi connectivity index (χ2v) is 6.38. The normalized spacial score (nSPS) is 18.7. The Morgan fingerprint density at radius 3 is 2.47 bits per heavy atom. The summed E-state index contributed by atoms with van der Waals surface area (Å²) < 4.78 is 0. The van der Waals surface area contributed by atoms with Crippen molar-refractivity contribution in [1.82, 2.24) is 10.2 Å². The molecule has 0 saturated carbocycles. The molecular weight excluding hydrogens is 232 g/mol. The lowest BCUT2D eigenvalue weighted by Gasteiger charge is -2.42. The first-order valence-corrected chi connectivity index (χ1v) is 8.22. The number of likely N-dealkylation sites (N-methyl/N-ethyl adjacent to an activating group) is 1. The van der Waals surface area contributed by atoms with E-state index in [2.05, 4.69) is 37.6 Å². The monoisotopic (exact) mass is 266 g/mol. The van der Waals surface area contributed by atoms with E-state index in [1.807, 2.05) is 6.08 Å². The first-order valence-electron chi connectivity index (χ1n) is 8.22. The maximum Gasteiger partial charge on any atom is 0.0306 e. The topological polar surface area (TPSA) is 15.3 Å². The van der Waals surface area contributed by atoms with Crippen LogP contribution >= 0.6 is 0 Å². The summed E-state index contributed by atoms with van der Waals surface area (Å²) >= 11 is 0. The second kappa shape index (κ2) is 8.76. The Balaban J connectivity index is 2.42. The Morgan fingerprint density at radius 2 is 1.89 bits per heavy atom. The van der Waals surface area contributed by atoms with E-state index in [9.17, 15) is 0 Å². The highest BCUT2D eigenvalue weighted by molar-refractivity contribution is 4.95. The van der Waals surface area contributed by atoms with Crippen LogP contribution in [0.1, 0.15) is 65.7 Å². The van der Waals surface area contributed by atoms with Crippen molar-refractivity contribution in [3.8, 4) is 0 Å². The van der Waals surface area contributed by atoms with Crippen LogP contribution in [0.3, 0.4) is 0 Å². The molecule has 1 aliphatic heterocycles. The fraction of sp³-hybridized carbons (Fsp3) is 0.882. The summed E-state index contributed by atoms with van der Waals surface area (Å²) in [6.45, 7) is 14.5. The van der Waals surface area contributed by atoms with Crippen LogP contribution in [0.4, 0.5) is 0 Å². The summed E-state index contributed by atoms with van der Waals surface area (Å²) in [7, 11) is 0. The van der Waals surface area contributed by atoms with Crippen molar-refractivity contribution >= 4 is 0 Å². The molecule has 2 heteroatoms. The smallest absolute Gasteiger partial charge is 0.0306 e. The van der Waals surface area contributed by atoms with Gasteiger partial charge in [-0.15, -0.1) is 6.58 Å². The van der Waals surface area contributed by atoms with Crippen molar-refractivity contribution in [2.24, 2.45) is 0 Å². The molecule has 0 aromatic heterocycles. The lowest BCUT2D eigenvalue weighted by atomic mass is 9.88. The van der Waals surface area contributed by atoms with E-state index in [-0.39, 0.29) is 0 Å². The molecule has 1 unspecified atom stereocenters. The van der Waals surface area contributed by atoms with Gasteiger partial charge in [0, 0.05) is 11.6 Å². The molecule has 1 atom stereocenters. The van der Waals surface area contributed by atoms with E-state index in [4.69, 9.17) is 0 Å². The highest BCUT2D eigenvalue weighted by atomic mass is 15.2. The van der Waals surface area contributed by atoms with Gasteiger partial charge in [-0.25, -0.2) is 0 Å². The van der Waals surface area contributed by atoms with Gasteiger partial charge in [-0.3, -0.25) is 4.90 Å². The van der Waals surface area contributed by atoms with Crippen LogP contribution in [0.2, 0.25) is 0 Å². The van der Waals surface area contributed by atoms with Crippen molar-refractivity contribution in [2.75, 3.05) is 19.6 Å². The first-order chi connectivity index (χ1) is 9.12. The lowest BCUT2D eigenvalue weighted by molar-refractivity contribution is 0.102. The Bertz CT molecular complexity index is 242. The summed E-state index contributed by atoms with van der Waals surface area (Å²) in [4.78, 5) is 2.68. The van der Waals surface area contributed by atoms with Gasteiger partial charge in [-0.2, -0.15) is 0 Å². The minimum absolute atomic E-state index is 0.297. The van der Waals surface area contributed by atoms with Crippen LogP contribution < -0.4 is 5.32 Å². The van der Waals surface area contributed by atoms with Gasteiger partial charge in [0.1, 0.15) is 0 Å². The minimum Gasteiger partial charge on any atom is -0.312 e. The Morgan fingerprint density at radius 1 is 1.21 bits per heavy atom. The summed E-state index contributed by atoms with van der Waals surface area (Å²) in [6.07, 6.45) is 11.2. The van der Waals surface area contributed by atoms with Crippen molar-refractivity contribution in [1.29, 1.82) is 0 Å². The molecule has 1 fully saturated rings. The van der Waals surface area contributed by atoms with Gasteiger partial charge < -0.3 is 5.32 Å². The number of hydrogen-bond acceptors (Lipinski definition) is 2. The van der Waals surface area contributed by atoms with Gasteiger partial charge in [-0.1, -0.05) is 25.8 Å². The van der Waals surface area contributed by atoms with Crippen molar-refractivity contribution < 1.29 is 0 Å². The summed E-state index contributed by atoms with van der Waals surface area (Å²) in [6, 6.07) is 0.624. The number of hydrogen-bond donors (Lipinski definition) is 1. The lowest BCUT2D eigenvalue weighted by Crippen LogP contribution is -2.56. The summed E-state index contributed by atoms with van der Waals surface area (Å²) in [5, 5.41) is 3.73. The molecular formula is C17H34N2. The third-order valence-corrected chi connectivity index (χ3v) is 4.63. The van der Waals surface area contributed by atoms with Gasteiger partial charge in [0.05, 0.1) is 0 Å². The van der Waals surface area contributed by atoms with Crippen LogP contribution in [0.25, 0.3) is 0 Å². The first kappa shape index (κ1) is 16.7. The fourth-order valence-electron chi connectivity index (χ4n) is 3.28. The van der Waals surface area contributed by atoms with Crippen LogP contribution in [-0.4, -0.2) is 36.1 Å². The molecule has 1 rings (SSSR count). The van der Waals surface area contributed by atoms with E-state index >= 15 is 0 Å². The zero-order valence-corrected chi connectivity index (χ0v) is 13.4. The molecule has 0 radical (unpaired) electrons. The number of likely N-dealkylation sites (tertiary alicyclic amines) is 1. The molecule has 2 nitrogen and oxygen atoms in total. The molecule has 19 heavy (non-hydrogen) atoms. The van der Waals surface area contributed by atoms with E-state index in [1.165, 1.54) is 58.0 Å². The van der Waals surface area contributed by atoms with Crippen LogP contribution in [0.5, 0.6) is 0 Å².